The second kappa shape index (κ2) is 9.92. The molecular formula is C26H30N6O. The lowest BCUT2D eigenvalue weighted by atomic mass is 10.0. The Labute approximate surface area is 194 Å². The summed E-state index contributed by atoms with van der Waals surface area (Å²) in [6.07, 6.45) is 0. The van der Waals surface area contributed by atoms with Crippen molar-refractivity contribution in [2.75, 3.05) is 26.2 Å². The quantitative estimate of drug-likeness (QED) is 0.444. The number of nitrogens with zero attached hydrogens (tertiary/aromatic N) is 5. The van der Waals surface area contributed by atoms with Crippen LogP contribution in [0.2, 0.25) is 0 Å². The molecule has 4 aromatic rings. The molecule has 0 fully saturated rings. The largest absolute Gasteiger partial charge is 0.351 e. The Morgan fingerprint density at radius 2 is 1.67 bits per heavy atom. The Balaban J connectivity index is 1.56. The van der Waals surface area contributed by atoms with Crippen molar-refractivity contribution in [1.82, 2.24) is 30.0 Å². The number of hydrogen-bond donors (Lipinski definition) is 1. The van der Waals surface area contributed by atoms with Crippen LogP contribution in [0.3, 0.4) is 0 Å². The van der Waals surface area contributed by atoms with E-state index < -0.39 is 0 Å². The Bertz CT molecular complexity index is 1260. The number of carbonyl (C=O) groups excluding carboxylic acids is 1. The van der Waals surface area contributed by atoms with Gasteiger partial charge in [-0.25, -0.2) is 0 Å². The van der Waals surface area contributed by atoms with Crippen molar-refractivity contribution in [3.8, 4) is 22.6 Å². The molecule has 0 radical (unpaired) electrons. The molecule has 33 heavy (non-hydrogen) atoms. The minimum Gasteiger partial charge on any atom is -0.351 e. The summed E-state index contributed by atoms with van der Waals surface area (Å²) in [6, 6.07) is 17.8. The maximum absolute atomic E-state index is 12.7. The van der Waals surface area contributed by atoms with Gasteiger partial charge in [0.15, 0.2) is 11.5 Å². The number of aromatic nitrogens is 4. The smallest absolute Gasteiger partial charge is 0.251 e. The van der Waals surface area contributed by atoms with Gasteiger partial charge < -0.3 is 10.2 Å². The van der Waals surface area contributed by atoms with Crippen molar-refractivity contribution in [2.24, 2.45) is 0 Å². The Hall–Kier alpha value is -3.58. The van der Waals surface area contributed by atoms with E-state index in [0.717, 1.165) is 42.0 Å². The summed E-state index contributed by atoms with van der Waals surface area (Å²) >= 11 is 0. The first kappa shape index (κ1) is 22.6. The molecule has 2 aromatic carbocycles. The van der Waals surface area contributed by atoms with Crippen LogP contribution in [-0.2, 0) is 0 Å². The van der Waals surface area contributed by atoms with E-state index in [1.807, 2.05) is 49.4 Å². The topological polar surface area (TPSA) is 75.4 Å². The third kappa shape index (κ3) is 4.93. The number of rotatable bonds is 8. The first-order valence-corrected chi connectivity index (χ1v) is 11.4. The SMILES string of the molecule is CCN(CC)CCNC(=O)c1ccc(-c2ccc3nnc(-c4ccc(C)cc4)n3n2)cc1C. The highest BCUT2D eigenvalue weighted by Gasteiger charge is 2.13. The molecule has 0 saturated carbocycles. The standard InChI is InChI=1S/C26H30N6O/c1-5-31(6-2)16-15-27-26(33)22-12-11-21(17-19(22)4)23-13-14-24-28-29-25(32(24)30-23)20-9-7-18(3)8-10-20/h7-14,17H,5-6,15-16H2,1-4H3,(H,27,33). The molecule has 1 N–H and O–H groups in total. The molecule has 0 atom stereocenters. The highest BCUT2D eigenvalue weighted by atomic mass is 16.1. The van der Waals surface area contributed by atoms with Crippen LogP contribution in [0.4, 0.5) is 0 Å². The van der Waals surface area contributed by atoms with E-state index in [-0.39, 0.29) is 5.91 Å². The van der Waals surface area contributed by atoms with Gasteiger partial charge in [0.05, 0.1) is 5.69 Å². The summed E-state index contributed by atoms with van der Waals surface area (Å²) < 4.78 is 1.77. The summed E-state index contributed by atoms with van der Waals surface area (Å²) in [7, 11) is 0. The Kier molecular flexibility index (Phi) is 6.79. The molecule has 7 heteroatoms. The molecule has 2 heterocycles. The van der Waals surface area contributed by atoms with Crippen molar-refractivity contribution in [3.05, 3.63) is 71.3 Å². The minimum atomic E-state index is -0.0462. The van der Waals surface area contributed by atoms with E-state index in [0.29, 0.717) is 23.6 Å². The van der Waals surface area contributed by atoms with E-state index >= 15 is 0 Å². The normalized spacial score (nSPS) is 11.3. The molecule has 1 amide bonds. The number of likely N-dealkylation sites (N-methyl/N-ethyl adjacent to an activating group) is 1. The van der Waals surface area contributed by atoms with Crippen molar-refractivity contribution < 1.29 is 4.79 Å². The van der Waals surface area contributed by atoms with Crippen LogP contribution < -0.4 is 5.32 Å². The van der Waals surface area contributed by atoms with Crippen LogP contribution in [0.5, 0.6) is 0 Å². The molecule has 0 aliphatic rings. The fourth-order valence-corrected chi connectivity index (χ4v) is 3.87. The number of carbonyl (C=O) groups is 1. The number of aryl methyl sites for hydroxylation is 2. The van der Waals surface area contributed by atoms with Crippen molar-refractivity contribution in [3.63, 3.8) is 0 Å². The van der Waals surface area contributed by atoms with Gasteiger partial charge in [0.2, 0.25) is 0 Å². The monoisotopic (exact) mass is 442 g/mol. The van der Waals surface area contributed by atoms with Gasteiger partial charge >= 0.3 is 0 Å². The molecular weight excluding hydrogens is 412 g/mol. The summed E-state index contributed by atoms with van der Waals surface area (Å²) in [4.78, 5) is 15.0. The van der Waals surface area contributed by atoms with Crippen LogP contribution in [0.15, 0.2) is 54.6 Å². The van der Waals surface area contributed by atoms with Gasteiger partial charge in [0.1, 0.15) is 0 Å². The van der Waals surface area contributed by atoms with Crippen LogP contribution >= 0.6 is 0 Å². The zero-order valence-corrected chi connectivity index (χ0v) is 19.7. The van der Waals surface area contributed by atoms with E-state index in [1.165, 1.54) is 5.56 Å². The number of benzene rings is 2. The van der Waals surface area contributed by atoms with E-state index in [1.54, 1.807) is 4.52 Å². The second-order valence-electron chi connectivity index (χ2n) is 8.19. The Morgan fingerprint density at radius 3 is 2.36 bits per heavy atom. The zero-order valence-electron chi connectivity index (χ0n) is 19.7. The Morgan fingerprint density at radius 1 is 0.939 bits per heavy atom. The average molecular weight is 443 g/mol. The summed E-state index contributed by atoms with van der Waals surface area (Å²) in [6.45, 7) is 11.7. The molecule has 170 valence electrons. The number of hydrogen-bond acceptors (Lipinski definition) is 5. The van der Waals surface area contributed by atoms with Gasteiger partial charge in [-0.15, -0.1) is 10.2 Å². The van der Waals surface area contributed by atoms with Gasteiger partial charge in [-0.3, -0.25) is 4.79 Å². The predicted octanol–water partition coefficient (Wildman–Crippen LogP) is 4.15. The number of amides is 1. The van der Waals surface area contributed by atoms with Crippen LogP contribution in [-0.4, -0.2) is 56.8 Å². The third-order valence-electron chi connectivity index (χ3n) is 5.95. The zero-order chi connectivity index (χ0) is 23.4. The molecule has 2 aromatic heterocycles. The predicted molar refractivity (Wildman–Crippen MR) is 131 cm³/mol. The molecule has 0 aliphatic heterocycles. The van der Waals surface area contributed by atoms with Crippen molar-refractivity contribution in [1.29, 1.82) is 0 Å². The first-order valence-electron chi connectivity index (χ1n) is 11.4. The average Bonchev–Trinajstić information content (AvgIpc) is 3.25. The van der Waals surface area contributed by atoms with Crippen LogP contribution in [0, 0.1) is 13.8 Å². The third-order valence-corrected chi connectivity index (χ3v) is 5.95. The molecule has 0 saturated heterocycles. The maximum atomic E-state index is 12.7. The molecule has 0 unspecified atom stereocenters. The lowest BCUT2D eigenvalue weighted by molar-refractivity contribution is 0.0948. The van der Waals surface area contributed by atoms with Crippen LogP contribution in [0.25, 0.3) is 28.3 Å². The maximum Gasteiger partial charge on any atom is 0.251 e. The number of nitrogens with one attached hydrogen (secondary N) is 1. The fourth-order valence-electron chi connectivity index (χ4n) is 3.87. The number of fused-ring (bicyclic) bond motifs is 1. The van der Waals surface area contributed by atoms with Gasteiger partial charge in [0, 0.05) is 29.8 Å². The summed E-state index contributed by atoms with van der Waals surface area (Å²) in [5.41, 5.74) is 6.18. The van der Waals surface area contributed by atoms with Crippen molar-refractivity contribution in [2.45, 2.75) is 27.7 Å². The molecule has 0 bridgehead atoms. The molecule has 0 spiro atoms. The van der Waals surface area contributed by atoms with Crippen molar-refractivity contribution >= 4 is 11.6 Å². The van der Waals surface area contributed by atoms with E-state index in [4.69, 9.17) is 5.10 Å². The summed E-state index contributed by atoms with van der Waals surface area (Å²) in [5.74, 6) is 0.655. The lowest BCUT2D eigenvalue weighted by Gasteiger charge is -2.18. The van der Waals surface area contributed by atoms with Crippen LogP contribution in [0.1, 0.15) is 35.3 Å². The molecule has 7 nitrogen and oxygen atoms in total. The van der Waals surface area contributed by atoms with Gasteiger partial charge in [-0.05, 0) is 56.8 Å². The van der Waals surface area contributed by atoms with Gasteiger partial charge in [-0.2, -0.15) is 9.61 Å². The molecule has 4 rings (SSSR count). The highest BCUT2D eigenvalue weighted by molar-refractivity contribution is 5.96. The van der Waals surface area contributed by atoms with Gasteiger partial charge in [0.25, 0.3) is 5.91 Å². The second-order valence-corrected chi connectivity index (χ2v) is 8.19. The van der Waals surface area contributed by atoms with E-state index in [2.05, 4.69) is 53.3 Å². The highest BCUT2D eigenvalue weighted by Crippen LogP contribution is 2.23. The van der Waals surface area contributed by atoms with E-state index in [9.17, 15) is 4.79 Å². The summed E-state index contributed by atoms with van der Waals surface area (Å²) in [5, 5.41) is 16.4. The first-order chi connectivity index (χ1) is 16.0. The fraction of sp³-hybridized carbons (Fsp3) is 0.308. The lowest BCUT2D eigenvalue weighted by Crippen LogP contribution is -2.35. The van der Waals surface area contributed by atoms with Gasteiger partial charge in [-0.1, -0.05) is 49.7 Å². The molecule has 0 aliphatic carbocycles. The minimum absolute atomic E-state index is 0.0462.